The minimum absolute atomic E-state index is 0.0173. The normalized spacial score (nSPS) is 17.1. The highest BCUT2D eigenvalue weighted by molar-refractivity contribution is 5.79. The number of hydrogen-bond acceptors (Lipinski definition) is 2. The van der Waals surface area contributed by atoms with E-state index in [9.17, 15) is 4.79 Å². The van der Waals surface area contributed by atoms with Gasteiger partial charge in [-0.1, -0.05) is 24.3 Å². The van der Waals surface area contributed by atoms with Gasteiger partial charge in [-0.15, -0.1) is 0 Å². The number of hydrogen-bond donors (Lipinski definition) is 2. The minimum Gasteiger partial charge on any atom is -0.351 e. The Bertz CT molecular complexity index is 470. The molecule has 0 aromatic heterocycles. The van der Waals surface area contributed by atoms with Crippen molar-refractivity contribution in [1.29, 1.82) is 0 Å². The van der Waals surface area contributed by atoms with Crippen LogP contribution in [0.2, 0.25) is 0 Å². The number of rotatable bonds is 4. The van der Waals surface area contributed by atoms with E-state index in [1.54, 1.807) is 0 Å². The van der Waals surface area contributed by atoms with Crippen LogP contribution < -0.4 is 11.1 Å². The summed E-state index contributed by atoms with van der Waals surface area (Å²) in [6.07, 6.45) is 3.50. The summed E-state index contributed by atoms with van der Waals surface area (Å²) >= 11 is 0. The lowest BCUT2D eigenvalue weighted by Crippen LogP contribution is -2.41. The van der Waals surface area contributed by atoms with Gasteiger partial charge in [0.05, 0.1) is 6.42 Å². The van der Waals surface area contributed by atoms with Crippen LogP contribution in [0, 0.1) is 0 Å². The SMILES string of the molecule is CC(C)(C)NC(=O)Cc1ccccc1CC1(N)CC1. The van der Waals surface area contributed by atoms with Crippen LogP contribution in [0.3, 0.4) is 0 Å². The molecule has 2 rings (SSSR count). The number of amides is 1. The molecule has 3 nitrogen and oxygen atoms in total. The summed E-state index contributed by atoms with van der Waals surface area (Å²) in [6.45, 7) is 5.99. The molecule has 3 heteroatoms. The average Bonchev–Trinajstić information content (AvgIpc) is 2.96. The zero-order valence-corrected chi connectivity index (χ0v) is 12.1. The highest BCUT2D eigenvalue weighted by Crippen LogP contribution is 2.36. The summed E-state index contributed by atoms with van der Waals surface area (Å²) in [4.78, 5) is 12.0. The zero-order valence-electron chi connectivity index (χ0n) is 12.1. The average molecular weight is 260 g/mol. The van der Waals surface area contributed by atoms with Crippen molar-refractivity contribution in [2.45, 2.75) is 57.5 Å². The Morgan fingerprint density at radius 1 is 1.26 bits per heavy atom. The van der Waals surface area contributed by atoms with Crippen LogP contribution in [0.25, 0.3) is 0 Å². The first-order valence-electron chi connectivity index (χ1n) is 6.94. The van der Waals surface area contributed by atoms with Gasteiger partial charge in [-0.25, -0.2) is 0 Å². The van der Waals surface area contributed by atoms with Gasteiger partial charge in [0, 0.05) is 11.1 Å². The maximum Gasteiger partial charge on any atom is 0.224 e. The number of carbonyl (C=O) groups is 1. The first-order chi connectivity index (χ1) is 8.77. The molecule has 1 fully saturated rings. The molecule has 0 aliphatic heterocycles. The highest BCUT2D eigenvalue weighted by atomic mass is 16.1. The van der Waals surface area contributed by atoms with Gasteiger partial charge in [-0.05, 0) is 51.2 Å². The standard InChI is InChI=1S/C16H24N2O/c1-15(2,3)18-14(19)10-12-6-4-5-7-13(12)11-16(17)8-9-16/h4-7H,8-11,17H2,1-3H3,(H,18,19). The van der Waals surface area contributed by atoms with E-state index in [-0.39, 0.29) is 17.0 Å². The van der Waals surface area contributed by atoms with Crippen molar-refractivity contribution >= 4 is 5.91 Å². The van der Waals surface area contributed by atoms with Crippen molar-refractivity contribution in [3.63, 3.8) is 0 Å². The van der Waals surface area contributed by atoms with Crippen LogP contribution in [0.1, 0.15) is 44.7 Å². The molecule has 1 aliphatic carbocycles. The second-order valence-electron chi connectivity index (χ2n) is 6.78. The van der Waals surface area contributed by atoms with Crippen molar-refractivity contribution in [3.8, 4) is 0 Å². The van der Waals surface area contributed by atoms with Crippen LogP contribution >= 0.6 is 0 Å². The molecular formula is C16H24N2O. The number of benzene rings is 1. The summed E-state index contributed by atoms with van der Waals surface area (Å²) in [5.41, 5.74) is 8.29. The predicted octanol–water partition coefficient (Wildman–Crippen LogP) is 2.18. The third-order valence-electron chi connectivity index (χ3n) is 3.42. The molecule has 1 amide bonds. The fraction of sp³-hybridized carbons (Fsp3) is 0.562. The van der Waals surface area contributed by atoms with Crippen LogP contribution in [-0.4, -0.2) is 17.0 Å². The lowest BCUT2D eigenvalue weighted by Gasteiger charge is -2.21. The molecule has 1 aromatic rings. The first kappa shape index (κ1) is 14.1. The second kappa shape index (κ2) is 4.97. The second-order valence-corrected chi connectivity index (χ2v) is 6.78. The molecule has 0 unspecified atom stereocenters. The van der Waals surface area contributed by atoms with Crippen molar-refractivity contribution in [2.24, 2.45) is 5.73 Å². The fourth-order valence-corrected chi connectivity index (χ4v) is 2.25. The van der Waals surface area contributed by atoms with Gasteiger partial charge < -0.3 is 11.1 Å². The van der Waals surface area contributed by atoms with Crippen LogP contribution in [0.4, 0.5) is 0 Å². The quantitative estimate of drug-likeness (QED) is 0.872. The summed E-state index contributed by atoms with van der Waals surface area (Å²) in [7, 11) is 0. The molecular weight excluding hydrogens is 236 g/mol. The molecule has 104 valence electrons. The summed E-state index contributed by atoms with van der Waals surface area (Å²) in [5.74, 6) is 0.0711. The molecule has 0 saturated heterocycles. The van der Waals surface area contributed by atoms with E-state index < -0.39 is 0 Å². The maximum absolute atomic E-state index is 12.0. The van der Waals surface area contributed by atoms with Gasteiger partial charge in [0.2, 0.25) is 5.91 Å². The van der Waals surface area contributed by atoms with E-state index in [1.807, 2.05) is 39.0 Å². The van der Waals surface area contributed by atoms with E-state index in [1.165, 1.54) is 5.56 Å². The Hall–Kier alpha value is -1.35. The largest absolute Gasteiger partial charge is 0.351 e. The van der Waals surface area contributed by atoms with E-state index in [0.717, 1.165) is 24.8 Å². The minimum atomic E-state index is -0.183. The third-order valence-corrected chi connectivity index (χ3v) is 3.42. The van der Waals surface area contributed by atoms with E-state index in [2.05, 4.69) is 11.4 Å². The molecule has 0 spiro atoms. The number of carbonyl (C=O) groups excluding carboxylic acids is 1. The van der Waals surface area contributed by atoms with Gasteiger partial charge in [0.1, 0.15) is 0 Å². The Morgan fingerprint density at radius 3 is 2.37 bits per heavy atom. The molecule has 1 aromatic carbocycles. The predicted molar refractivity (Wildman–Crippen MR) is 77.9 cm³/mol. The molecule has 3 N–H and O–H groups in total. The number of nitrogens with two attached hydrogens (primary N) is 1. The fourth-order valence-electron chi connectivity index (χ4n) is 2.25. The van der Waals surface area contributed by atoms with Crippen molar-refractivity contribution in [3.05, 3.63) is 35.4 Å². The van der Waals surface area contributed by atoms with Crippen molar-refractivity contribution < 1.29 is 4.79 Å². The monoisotopic (exact) mass is 260 g/mol. The summed E-state index contributed by atoms with van der Waals surface area (Å²) in [5, 5.41) is 3.00. The van der Waals surface area contributed by atoms with Gasteiger partial charge in [0.25, 0.3) is 0 Å². The maximum atomic E-state index is 12.0. The Morgan fingerprint density at radius 2 is 1.84 bits per heavy atom. The van der Waals surface area contributed by atoms with E-state index in [0.29, 0.717) is 6.42 Å². The van der Waals surface area contributed by atoms with Gasteiger partial charge >= 0.3 is 0 Å². The smallest absolute Gasteiger partial charge is 0.224 e. The third kappa shape index (κ3) is 4.35. The van der Waals surface area contributed by atoms with Crippen LogP contribution in [-0.2, 0) is 17.6 Å². The van der Waals surface area contributed by atoms with E-state index in [4.69, 9.17) is 5.73 Å². The highest BCUT2D eigenvalue weighted by Gasteiger charge is 2.38. The molecule has 1 saturated carbocycles. The van der Waals surface area contributed by atoms with Gasteiger partial charge in [-0.2, -0.15) is 0 Å². The molecule has 0 bridgehead atoms. The molecule has 0 atom stereocenters. The molecule has 0 heterocycles. The van der Waals surface area contributed by atoms with Crippen LogP contribution in [0.15, 0.2) is 24.3 Å². The van der Waals surface area contributed by atoms with Gasteiger partial charge in [-0.3, -0.25) is 4.79 Å². The Kier molecular flexibility index (Phi) is 3.68. The summed E-state index contributed by atoms with van der Waals surface area (Å²) < 4.78 is 0. The van der Waals surface area contributed by atoms with E-state index >= 15 is 0 Å². The Labute approximate surface area is 115 Å². The van der Waals surface area contributed by atoms with Crippen molar-refractivity contribution in [1.82, 2.24) is 5.32 Å². The lowest BCUT2D eigenvalue weighted by atomic mass is 9.97. The number of nitrogens with one attached hydrogen (secondary N) is 1. The Balaban J connectivity index is 2.05. The van der Waals surface area contributed by atoms with Crippen LogP contribution in [0.5, 0.6) is 0 Å². The molecule has 1 aliphatic rings. The zero-order chi connectivity index (χ0) is 14.1. The molecule has 19 heavy (non-hydrogen) atoms. The first-order valence-corrected chi connectivity index (χ1v) is 6.94. The molecule has 0 radical (unpaired) electrons. The summed E-state index contributed by atoms with van der Waals surface area (Å²) in [6, 6.07) is 8.13. The topological polar surface area (TPSA) is 55.1 Å². The lowest BCUT2D eigenvalue weighted by molar-refractivity contribution is -0.121. The van der Waals surface area contributed by atoms with Gasteiger partial charge in [0.15, 0.2) is 0 Å². The van der Waals surface area contributed by atoms with Crippen molar-refractivity contribution in [2.75, 3.05) is 0 Å².